The quantitative estimate of drug-likeness (QED) is 0.299. The van der Waals surface area contributed by atoms with Gasteiger partial charge in [0.25, 0.3) is 15.9 Å². The van der Waals surface area contributed by atoms with Crippen molar-refractivity contribution in [1.29, 1.82) is 0 Å². The zero-order valence-electron chi connectivity index (χ0n) is 21.9. The molecule has 0 aliphatic rings. The Labute approximate surface area is 228 Å². The molecule has 3 rings (SSSR count). The van der Waals surface area contributed by atoms with Crippen molar-refractivity contribution in [2.45, 2.75) is 43.0 Å². The Morgan fingerprint density at radius 2 is 1.63 bits per heavy atom. The van der Waals surface area contributed by atoms with E-state index < -0.39 is 22.5 Å². The van der Waals surface area contributed by atoms with Crippen LogP contribution in [0.4, 0.5) is 11.4 Å². The normalized spacial score (nSPS) is 11.9. The molecule has 0 spiro atoms. The maximum Gasteiger partial charge on any atom is 0.264 e. The maximum atomic E-state index is 13.8. The van der Waals surface area contributed by atoms with E-state index in [0.29, 0.717) is 12.4 Å². The summed E-state index contributed by atoms with van der Waals surface area (Å²) in [5.74, 6) is -0.597. The van der Waals surface area contributed by atoms with E-state index in [1.54, 1.807) is 67.6 Å². The largest absolute Gasteiger partial charge is 0.492 e. The number of sulfonamides is 1. The molecule has 3 aromatic carbocycles. The first-order valence-electron chi connectivity index (χ1n) is 12.3. The highest BCUT2D eigenvalue weighted by Crippen LogP contribution is 2.33. The number of rotatable bonds is 12. The van der Waals surface area contributed by atoms with Crippen LogP contribution in [0, 0.1) is 0 Å². The Hall–Kier alpha value is -3.50. The highest BCUT2D eigenvalue weighted by Gasteiger charge is 2.30. The van der Waals surface area contributed by atoms with E-state index in [0.717, 1.165) is 15.6 Å². The lowest BCUT2D eigenvalue weighted by Crippen LogP contribution is -2.39. The molecule has 10 heteroatoms. The van der Waals surface area contributed by atoms with Gasteiger partial charge >= 0.3 is 0 Å². The summed E-state index contributed by atoms with van der Waals surface area (Å²) in [6.45, 7) is 5.44. The number of ether oxygens (including phenoxy) is 1. The average molecular weight is 556 g/mol. The molecule has 0 aliphatic carbocycles. The molecule has 0 saturated carbocycles. The lowest BCUT2D eigenvalue weighted by atomic mass is 10.1. The molecule has 0 bridgehead atoms. The molecule has 0 radical (unpaired) electrons. The van der Waals surface area contributed by atoms with Crippen LogP contribution in [0.1, 0.15) is 37.6 Å². The number of nitrogens with one attached hydrogen (secondary N) is 2. The number of para-hydroxylation sites is 3. The van der Waals surface area contributed by atoms with Gasteiger partial charge in [0.1, 0.15) is 12.3 Å². The van der Waals surface area contributed by atoms with Crippen LogP contribution in [0.2, 0.25) is 0 Å². The van der Waals surface area contributed by atoms with Crippen LogP contribution in [0.5, 0.6) is 5.75 Å². The molecule has 1 atom stereocenters. The van der Waals surface area contributed by atoms with Crippen LogP contribution >= 0.6 is 11.8 Å². The number of hydrogen-bond acceptors (Lipinski definition) is 6. The van der Waals surface area contributed by atoms with E-state index in [9.17, 15) is 18.0 Å². The van der Waals surface area contributed by atoms with Gasteiger partial charge in [-0.2, -0.15) is 0 Å². The fourth-order valence-electron chi connectivity index (χ4n) is 3.63. The van der Waals surface area contributed by atoms with Gasteiger partial charge in [0, 0.05) is 10.9 Å². The molecule has 38 heavy (non-hydrogen) atoms. The van der Waals surface area contributed by atoms with E-state index in [1.807, 2.05) is 20.1 Å². The highest BCUT2D eigenvalue weighted by molar-refractivity contribution is 7.98. The Morgan fingerprint density at radius 1 is 0.974 bits per heavy atom. The third kappa shape index (κ3) is 7.08. The number of nitrogens with zero attached hydrogens (tertiary/aromatic N) is 1. The third-order valence-electron chi connectivity index (χ3n) is 5.80. The standard InChI is InChI=1S/C28H33N3O5S2/c1-5-20(3)29-28(33)23-11-7-8-12-24(23)30-27(32)19-31(25-13-9-10-14-26(25)36-6-2)38(34,35)22-17-15-21(37-4)16-18-22/h7-18,20H,5-6,19H2,1-4H3,(H,29,33)(H,30,32)/t20-/m0/s1. The molecule has 2 amide bonds. The van der Waals surface area contributed by atoms with Gasteiger partial charge in [0.2, 0.25) is 5.91 Å². The summed E-state index contributed by atoms with van der Waals surface area (Å²) in [5, 5.41) is 5.61. The molecular weight excluding hydrogens is 522 g/mol. The Balaban J connectivity index is 1.97. The summed E-state index contributed by atoms with van der Waals surface area (Å²) in [7, 11) is -4.15. The summed E-state index contributed by atoms with van der Waals surface area (Å²) in [6, 6.07) is 19.7. The molecule has 0 aromatic heterocycles. The molecule has 0 aliphatic heterocycles. The number of thioether (sulfide) groups is 1. The van der Waals surface area contributed by atoms with Crippen molar-refractivity contribution < 1.29 is 22.7 Å². The third-order valence-corrected chi connectivity index (χ3v) is 8.32. The van der Waals surface area contributed by atoms with Crippen molar-refractivity contribution in [2.24, 2.45) is 0 Å². The van der Waals surface area contributed by atoms with Gasteiger partial charge in [0.05, 0.1) is 28.4 Å². The number of hydrogen-bond donors (Lipinski definition) is 2. The second-order valence-corrected chi connectivity index (χ2v) is 11.2. The summed E-state index contributed by atoms with van der Waals surface area (Å²) < 4.78 is 34.4. The van der Waals surface area contributed by atoms with Crippen LogP contribution in [-0.2, 0) is 14.8 Å². The Bertz CT molecular complexity index is 1360. The van der Waals surface area contributed by atoms with Crippen molar-refractivity contribution >= 4 is 45.0 Å². The van der Waals surface area contributed by atoms with Gasteiger partial charge in [-0.25, -0.2) is 8.42 Å². The van der Waals surface area contributed by atoms with Gasteiger partial charge in [-0.3, -0.25) is 13.9 Å². The lowest BCUT2D eigenvalue weighted by molar-refractivity contribution is -0.114. The monoisotopic (exact) mass is 555 g/mol. The van der Waals surface area contributed by atoms with E-state index in [4.69, 9.17) is 4.74 Å². The molecule has 3 aromatic rings. The number of anilines is 2. The summed E-state index contributed by atoms with van der Waals surface area (Å²) in [4.78, 5) is 27.0. The predicted octanol–water partition coefficient (Wildman–Crippen LogP) is 5.17. The molecule has 202 valence electrons. The van der Waals surface area contributed by atoms with Gasteiger partial charge < -0.3 is 15.4 Å². The van der Waals surface area contributed by atoms with Gasteiger partial charge in [-0.1, -0.05) is 31.2 Å². The molecule has 0 unspecified atom stereocenters. The fourth-order valence-corrected chi connectivity index (χ4v) is 5.47. The minimum atomic E-state index is -4.15. The minimum Gasteiger partial charge on any atom is -0.492 e. The number of benzene rings is 3. The van der Waals surface area contributed by atoms with E-state index in [2.05, 4.69) is 10.6 Å². The SMILES string of the molecule is CCOc1ccccc1N(CC(=O)Nc1ccccc1C(=O)N[C@@H](C)CC)S(=O)(=O)c1ccc(SC)cc1. The van der Waals surface area contributed by atoms with Crippen LogP contribution < -0.4 is 19.7 Å². The van der Waals surface area contributed by atoms with Gasteiger partial charge in [-0.15, -0.1) is 11.8 Å². The zero-order chi connectivity index (χ0) is 27.7. The van der Waals surface area contributed by atoms with Crippen LogP contribution in [-0.4, -0.2) is 45.7 Å². The lowest BCUT2D eigenvalue weighted by Gasteiger charge is -2.26. The molecule has 8 nitrogen and oxygen atoms in total. The Kier molecular flexibility index (Phi) is 10.2. The minimum absolute atomic E-state index is 0.0422. The summed E-state index contributed by atoms with van der Waals surface area (Å²) in [6.07, 6.45) is 2.66. The van der Waals surface area contributed by atoms with Crippen LogP contribution in [0.25, 0.3) is 0 Å². The molecule has 0 fully saturated rings. The van der Waals surface area contributed by atoms with Crippen molar-refractivity contribution in [3.8, 4) is 5.75 Å². The number of amides is 2. The summed E-state index contributed by atoms with van der Waals surface area (Å²) in [5.41, 5.74) is 0.817. The zero-order valence-corrected chi connectivity index (χ0v) is 23.6. The molecular formula is C28H33N3O5S2. The average Bonchev–Trinajstić information content (AvgIpc) is 2.92. The van der Waals surface area contributed by atoms with Gasteiger partial charge in [-0.05, 0) is 75.1 Å². The topological polar surface area (TPSA) is 105 Å². The Morgan fingerprint density at radius 3 is 2.29 bits per heavy atom. The van der Waals surface area contributed by atoms with Crippen LogP contribution in [0.3, 0.4) is 0 Å². The smallest absolute Gasteiger partial charge is 0.264 e. The van der Waals surface area contributed by atoms with Crippen molar-refractivity contribution in [2.75, 3.05) is 29.0 Å². The molecule has 0 saturated heterocycles. The first-order valence-corrected chi connectivity index (χ1v) is 15.0. The maximum absolute atomic E-state index is 13.8. The van der Waals surface area contributed by atoms with Gasteiger partial charge in [0.15, 0.2) is 0 Å². The second-order valence-electron chi connectivity index (χ2n) is 8.46. The first kappa shape index (κ1) is 29.1. The summed E-state index contributed by atoms with van der Waals surface area (Å²) >= 11 is 1.50. The van der Waals surface area contributed by atoms with E-state index >= 15 is 0 Å². The molecule has 2 N–H and O–H groups in total. The number of carbonyl (C=O) groups is 2. The van der Waals surface area contributed by atoms with Crippen LogP contribution in [0.15, 0.2) is 82.6 Å². The van der Waals surface area contributed by atoms with Crippen molar-refractivity contribution in [1.82, 2.24) is 5.32 Å². The van der Waals surface area contributed by atoms with E-state index in [1.165, 1.54) is 23.9 Å². The first-order chi connectivity index (χ1) is 18.2. The van der Waals surface area contributed by atoms with E-state index in [-0.39, 0.29) is 33.8 Å². The second kappa shape index (κ2) is 13.3. The number of carbonyl (C=O) groups excluding carboxylic acids is 2. The fraction of sp³-hybridized carbons (Fsp3) is 0.286. The van der Waals surface area contributed by atoms with Crippen molar-refractivity contribution in [3.63, 3.8) is 0 Å². The molecule has 0 heterocycles. The highest BCUT2D eigenvalue weighted by atomic mass is 32.2. The predicted molar refractivity (Wildman–Crippen MR) is 153 cm³/mol. The van der Waals surface area contributed by atoms with Crippen molar-refractivity contribution in [3.05, 3.63) is 78.4 Å².